The molecule has 3 nitrogen and oxygen atoms in total. The van der Waals surface area contributed by atoms with E-state index in [1.807, 2.05) is 6.92 Å². The van der Waals surface area contributed by atoms with E-state index >= 15 is 0 Å². The summed E-state index contributed by atoms with van der Waals surface area (Å²) in [4.78, 5) is 12.6. The highest BCUT2D eigenvalue weighted by molar-refractivity contribution is 5.93. The lowest BCUT2D eigenvalue weighted by Gasteiger charge is -2.46. The van der Waals surface area contributed by atoms with Crippen LogP contribution in [0.2, 0.25) is 0 Å². The molecule has 4 heteroatoms. The zero-order valence-electron chi connectivity index (χ0n) is 13.2. The Morgan fingerprint density at radius 2 is 2.05 bits per heavy atom. The first-order chi connectivity index (χ1) is 9.73. The minimum absolute atomic E-state index is 0.0348. The van der Waals surface area contributed by atoms with Gasteiger partial charge in [0.1, 0.15) is 5.82 Å². The van der Waals surface area contributed by atoms with Gasteiger partial charge in [0.2, 0.25) is 5.91 Å². The third-order valence-corrected chi connectivity index (χ3v) is 5.28. The number of hydrogen-bond donors (Lipinski definition) is 2. The monoisotopic (exact) mass is 292 g/mol. The molecule has 1 aliphatic carbocycles. The molecule has 2 rings (SSSR count). The smallest absolute Gasteiger partial charge is 0.228 e. The van der Waals surface area contributed by atoms with Crippen molar-refractivity contribution in [1.29, 1.82) is 0 Å². The highest BCUT2D eigenvalue weighted by Gasteiger charge is 2.45. The summed E-state index contributed by atoms with van der Waals surface area (Å²) in [5.41, 5.74) is 7.39. The van der Waals surface area contributed by atoms with E-state index in [4.69, 9.17) is 5.73 Å². The largest absolute Gasteiger partial charge is 0.327 e. The van der Waals surface area contributed by atoms with Gasteiger partial charge in [-0.1, -0.05) is 26.8 Å². The number of aryl methyl sites for hydroxylation is 1. The number of carbonyl (C=O) groups excluding carboxylic acids is 1. The van der Waals surface area contributed by atoms with Crippen LogP contribution in [0.1, 0.15) is 39.2 Å². The number of benzene rings is 1. The normalized spacial score (nSPS) is 28.2. The van der Waals surface area contributed by atoms with Crippen LogP contribution in [0, 0.1) is 30.0 Å². The lowest BCUT2D eigenvalue weighted by atomic mass is 9.61. The van der Waals surface area contributed by atoms with Crippen molar-refractivity contribution in [3.63, 3.8) is 0 Å². The molecular formula is C17H25FN2O. The second-order valence-corrected chi connectivity index (χ2v) is 6.85. The maximum atomic E-state index is 13.3. The lowest BCUT2D eigenvalue weighted by molar-refractivity contribution is -0.127. The van der Waals surface area contributed by atoms with Gasteiger partial charge >= 0.3 is 0 Å². The van der Waals surface area contributed by atoms with Crippen molar-refractivity contribution in [2.75, 3.05) is 5.32 Å². The van der Waals surface area contributed by atoms with Crippen molar-refractivity contribution in [3.8, 4) is 0 Å². The average Bonchev–Trinajstić information content (AvgIpc) is 2.40. The molecule has 0 bridgehead atoms. The van der Waals surface area contributed by atoms with E-state index < -0.39 is 0 Å². The highest BCUT2D eigenvalue weighted by atomic mass is 19.1. The number of rotatable bonds is 2. The number of hydrogen-bond acceptors (Lipinski definition) is 2. The zero-order chi connectivity index (χ0) is 15.8. The summed E-state index contributed by atoms with van der Waals surface area (Å²) in [6, 6.07) is 4.59. The van der Waals surface area contributed by atoms with Crippen molar-refractivity contribution in [2.45, 2.75) is 46.6 Å². The fraction of sp³-hybridized carbons (Fsp3) is 0.588. The van der Waals surface area contributed by atoms with Gasteiger partial charge in [0.15, 0.2) is 0 Å². The summed E-state index contributed by atoms with van der Waals surface area (Å²) in [7, 11) is 0. The molecule has 0 radical (unpaired) electrons. The van der Waals surface area contributed by atoms with E-state index in [1.54, 1.807) is 6.07 Å². The molecule has 3 unspecified atom stereocenters. The number of amides is 1. The Balaban J connectivity index is 2.18. The lowest BCUT2D eigenvalue weighted by Crippen LogP contribution is -2.50. The molecule has 0 heterocycles. The van der Waals surface area contributed by atoms with Gasteiger partial charge in [-0.05, 0) is 48.8 Å². The molecule has 1 aliphatic rings. The van der Waals surface area contributed by atoms with Crippen molar-refractivity contribution < 1.29 is 9.18 Å². The summed E-state index contributed by atoms with van der Waals surface area (Å²) in [5, 5.41) is 2.89. The van der Waals surface area contributed by atoms with Crippen LogP contribution < -0.4 is 11.1 Å². The van der Waals surface area contributed by atoms with E-state index in [9.17, 15) is 9.18 Å². The number of carbonyl (C=O) groups is 1. The number of nitrogens with one attached hydrogen (secondary N) is 1. The molecule has 116 valence electrons. The first-order valence-corrected chi connectivity index (χ1v) is 7.56. The Bertz CT molecular complexity index is 542. The van der Waals surface area contributed by atoms with Gasteiger partial charge in [-0.15, -0.1) is 0 Å². The third kappa shape index (κ3) is 3.10. The summed E-state index contributed by atoms with van der Waals surface area (Å²) in [6.45, 7) is 8.16. The molecule has 0 spiro atoms. The second kappa shape index (κ2) is 5.76. The number of anilines is 1. The maximum absolute atomic E-state index is 13.3. The molecule has 0 aliphatic heterocycles. The van der Waals surface area contributed by atoms with Gasteiger partial charge in [-0.3, -0.25) is 4.79 Å². The molecule has 21 heavy (non-hydrogen) atoms. The van der Waals surface area contributed by atoms with Crippen LogP contribution in [-0.2, 0) is 4.79 Å². The predicted octanol–water partition coefficient (Wildman–Crippen LogP) is 3.47. The highest BCUT2D eigenvalue weighted by Crippen LogP contribution is 2.44. The van der Waals surface area contributed by atoms with E-state index in [0.717, 1.165) is 18.4 Å². The maximum Gasteiger partial charge on any atom is 0.228 e. The van der Waals surface area contributed by atoms with Crippen LogP contribution in [0.4, 0.5) is 10.1 Å². The SMILES string of the molecule is Cc1ccc(F)cc1NC(=O)C1CCC(N)C(C)C1(C)C. The molecule has 1 fully saturated rings. The molecule has 0 aromatic heterocycles. The van der Waals surface area contributed by atoms with Gasteiger partial charge in [0.05, 0.1) is 0 Å². The van der Waals surface area contributed by atoms with E-state index in [2.05, 4.69) is 26.1 Å². The number of halogens is 1. The fourth-order valence-electron chi connectivity index (χ4n) is 3.27. The molecular weight excluding hydrogens is 267 g/mol. The molecule has 3 atom stereocenters. The van der Waals surface area contributed by atoms with Crippen molar-refractivity contribution >= 4 is 11.6 Å². The molecule has 1 amide bonds. The van der Waals surface area contributed by atoms with Gasteiger partial charge in [-0.2, -0.15) is 0 Å². The Kier molecular flexibility index (Phi) is 4.38. The predicted molar refractivity (Wildman–Crippen MR) is 83.4 cm³/mol. The molecule has 1 aromatic carbocycles. The van der Waals surface area contributed by atoms with Gasteiger partial charge in [-0.25, -0.2) is 4.39 Å². The van der Waals surface area contributed by atoms with Crippen molar-refractivity contribution in [2.24, 2.45) is 23.0 Å². The van der Waals surface area contributed by atoms with Crippen LogP contribution in [0.15, 0.2) is 18.2 Å². The summed E-state index contributed by atoms with van der Waals surface area (Å²) < 4.78 is 13.3. The fourth-order valence-corrected chi connectivity index (χ4v) is 3.27. The minimum Gasteiger partial charge on any atom is -0.327 e. The molecule has 1 aromatic rings. The van der Waals surface area contributed by atoms with Crippen molar-refractivity contribution in [1.82, 2.24) is 0 Å². The molecule has 1 saturated carbocycles. The average molecular weight is 292 g/mol. The van der Waals surface area contributed by atoms with E-state index in [0.29, 0.717) is 5.69 Å². The first-order valence-electron chi connectivity index (χ1n) is 7.56. The number of nitrogens with two attached hydrogens (primary N) is 1. The van der Waals surface area contributed by atoms with Crippen LogP contribution in [0.3, 0.4) is 0 Å². The summed E-state index contributed by atoms with van der Waals surface area (Å²) in [5.74, 6) is -0.202. The van der Waals surface area contributed by atoms with E-state index in [-0.39, 0.29) is 35.0 Å². The quantitative estimate of drug-likeness (QED) is 0.877. The first kappa shape index (κ1) is 16.0. The van der Waals surface area contributed by atoms with Gasteiger partial charge in [0.25, 0.3) is 0 Å². The van der Waals surface area contributed by atoms with Gasteiger partial charge in [0, 0.05) is 17.6 Å². The second-order valence-electron chi connectivity index (χ2n) is 6.85. The van der Waals surface area contributed by atoms with E-state index in [1.165, 1.54) is 12.1 Å². The van der Waals surface area contributed by atoms with Crippen molar-refractivity contribution in [3.05, 3.63) is 29.6 Å². The third-order valence-electron chi connectivity index (χ3n) is 5.28. The Labute approximate surface area is 126 Å². The minimum atomic E-state index is -0.339. The van der Waals surface area contributed by atoms with Crippen LogP contribution in [-0.4, -0.2) is 11.9 Å². The Hall–Kier alpha value is -1.42. The summed E-state index contributed by atoms with van der Waals surface area (Å²) in [6.07, 6.45) is 1.63. The van der Waals surface area contributed by atoms with Crippen LogP contribution in [0.25, 0.3) is 0 Å². The van der Waals surface area contributed by atoms with Crippen LogP contribution >= 0.6 is 0 Å². The topological polar surface area (TPSA) is 55.1 Å². The standard InChI is InChI=1S/C17H25FN2O/c1-10-5-6-12(18)9-15(10)20-16(21)13-7-8-14(19)11(2)17(13,3)4/h5-6,9,11,13-14H,7-8,19H2,1-4H3,(H,20,21). The Morgan fingerprint density at radius 3 is 2.71 bits per heavy atom. The summed E-state index contributed by atoms with van der Waals surface area (Å²) >= 11 is 0. The molecule has 0 saturated heterocycles. The molecule has 3 N–H and O–H groups in total. The zero-order valence-corrected chi connectivity index (χ0v) is 13.2. The van der Waals surface area contributed by atoms with Crippen LogP contribution in [0.5, 0.6) is 0 Å². The van der Waals surface area contributed by atoms with Gasteiger partial charge < -0.3 is 11.1 Å². The Morgan fingerprint density at radius 1 is 1.38 bits per heavy atom.